The molecule has 0 aliphatic carbocycles. The molecule has 0 aromatic carbocycles. The van der Waals surface area contributed by atoms with Crippen molar-refractivity contribution in [1.82, 2.24) is 19.5 Å². The van der Waals surface area contributed by atoms with Gasteiger partial charge < -0.3 is 0 Å². The highest BCUT2D eigenvalue weighted by molar-refractivity contribution is 7.89. The van der Waals surface area contributed by atoms with E-state index >= 15 is 0 Å². The van der Waals surface area contributed by atoms with Gasteiger partial charge in [-0.05, 0) is 27.2 Å². The van der Waals surface area contributed by atoms with Gasteiger partial charge in [-0.2, -0.15) is 5.10 Å². The average molecular weight is 328 g/mol. The highest BCUT2D eigenvalue weighted by atomic mass is 32.2. The number of rotatable bonds is 6. The largest absolute Gasteiger partial charge is 0.269 e. The molecule has 8 heteroatoms. The second-order valence-corrected chi connectivity index (χ2v) is 8.12. The fourth-order valence-corrected chi connectivity index (χ4v) is 4.04. The summed E-state index contributed by atoms with van der Waals surface area (Å²) in [6.45, 7) is 7.78. The van der Waals surface area contributed by atoms with Crippen molar-refractivity contribution in [3.05, 3.63) is 28.5 Å². The molecule has 1 N–H and O–H groups in total. The van der Waals surface area contributed by atoms with Crippen LogP contribution in [0.1, 0.15) is 49.2 Å². The summed E-state index contributed by atoms with van der Waals surface area (Å²) in [5.41, 5.74) is 0. The van der Waals surface area contributed by atoms with Crippen LogP contribution in [0.4, 0.5) is 0 Å². The van der Waals surface area contributed by atoms with Crippen LogP contribution in [-0.4, -0.2) is 23.2 Å². The molecule has 2 aromatic rings. The highest BCUT2D eigenvalue weighted by Gasteiger charge is 2.23. The maximum Gasteiger partial charge on any atom is 0.244 e. The molecule has 1 atom stereocenters. The number of hydrogen-bond acceptors (Lipinski definition) is 5. The third-order valence-electron chi connectivity index (χ3n) is 3.06. The first-order chi connectivity index (χ1) is 9.83. The minimum Gasteiger partial charge on any atom is -0.269 e. The van der Waals surface area contributed by atoms with E-state index in [0.717, 1.165) is 9.88 Å². The molecule has 2 heterocycles. The molecule has 116 valence electrons. The molecule has 0 spiro atoms. The minimum absolute atomic E-state index is 0.123. The number of aromatic nitrogens is 3. The lowest BCUT2D eigenvalue weighted by molar-refractivity contribution is 0.529. The predicted octanol–water partition coefficient (Wildman–Crippen LogP) is 2.66. The number of thiazole rings is 1. The SMILES string of the molecule is CC[C@H](NS(=O)(=O)c1cnn(C(C)C)c1)c1ncc(C)s1. The fourth-order valence-electron chi connectivity index (χ4n) is 1.84. The number of aryl methyl sites for hydroxylation is 1. The zero-order chi connectivity index (χ0) is 15.6. The zero-order valence-electron chi connectivity index (χ0n) is 12.6. The zero-order valence-corrected chi connectivity index (χ0v) is 14.2. The molecule has 0 radical (unpaired) electrons. The van der Waals surface area contributed by atoms with Gasteiger partial charge in [0.1, 0.15) is 9.90 Å². The van der Waals surface area contributed by atoms with Crippen molar-refractivity contribution in [2.75, 3.05) is 0 Å². The summed E-state index contributed by atoms with van der Waals surface area (Å²) < 4.78 is 29.2. The Hall–Kier alpha value is -1.25. The molecule has 2 rings (SSSR count). The van der Waals surface area contributed by atoms with Gasteiger partial charge in [0, 0.05) is 23.3 Å². The van der Waals surface area contributed by atoms with Crippen LogP contribution in [0, 0.1) is 6.92 Å². The van der Waals surface area contributed by atoms with E-state index in [2.05, 4.69) is 14.8 Å². The predicted molar refractivity (Wildman–Crippen MR) is 82.8 cm³/mol. The van der Waals surface area contributed by atoms with E-state index in [4.69, 9.17) is 0 Å². The minimum atomic E-state index is -3.59. The molecule has 21 heavy (non-hydrogen) atoms. The van der Waals surface area contributed by atoms with Gasteiger partial charge in [-0.25, -0.2) is 18.1 Å². The van der Waals surface area contributed by atoms with Gasteiger partial charge in [-0.3, -0.25) is 4.68 Å². The first-order valence-electron chi connectivity index (χ1n) is 6.82. The van der Waals surface area contributed by atoms with Crippen LogP contribution in [0.2, 0.25) is 0 Å². The standard InChI is InChI=1S/C13H20N4O2S2/c1-5-12(13-14-6-10(4)20-13)16-21(18,19)11-7-15-17(8-11)9(2)3/h6-9,12,16H,5H2,1-4H3/t12-/m0/s1. The molecule has 0 bridgehead atoms. The lowest BCUT2D eigenvalue weighted by Crippen LogP contribution is -2.28. The molecule has 0 amide bonds. The summed E-state index contributed by atoms with van der Waals surface area (Å²) in [5.74, 6) is 0. The van der Waals surface area contributed by atoms with E-state index in [1.165, 1.54) is 17.5 Å². The summed E-state index contributed by atoms with van der Waals surface area (Å²) >= 11 is 1.51. The smallest absolute Gasteiger partial charge is 0.244 e. The third kappa shape index (κ3) is 3.69. The summed E-state index contributed by atoms with van der Waals surface area (Å²) in [7, 11) is -3.59. The van der Waals surface area contributed by atoms with E-state index < -0.39 is 10.0 Å². The van der Waals surface area contributed by atoms with E-state index in [9.17, 15) is 8.42 Å². The van der Waals surface area contributed by atoms with Crippen LogP contribution in [0.5, 0.6) is 0 Å². The quantitative estimate of drug-likeness (QED) is 0.884. The molecule has 0 fully saturated rings. The van der Waals surface area contributed by atoms with E-state index in [1.54, 1.807) is 17.1 Å². The van der Waals surface area contributed by atoms with Crippen LogP contribution in [0.15, 0.2) is 23.5 Å². The van der Waals surface area contributed by atoms with E-state index in [0.29, 0.717) is 6.42 Å². The van der Waals surface area contributed by atoms with Crippen LogP contribution in [0.25, 0.3) is 0 Å². The molecular weight excluding hydrogens is 308 g/mol. The van der Waals surface area contributed by atoms with Crippen LogP contribution < -0.4 is 4.72 Å². The van der Waals surface area contributed by atoms with Crippen LogP contribution in [0.3, 0.4) is 0 Å². The number of nitrogens with zero attached hydrogens (tertiary/aromatic N) is 3. The van der Waals surface area contributed by atoms with Gasteiger partial charge in [0.25, 0.3) is 0 Å². The fraction of sp³-hybridized carbons (Fsp3) is 0.538. The van der Waals surface area contributed by atoms with Crippen molar-refractivity contribution in [3.63, 3.8) is 0 Å². The maximum absolute atomic E-state index is 12.4. The Labute approximate surface area is 129 Å². The number of sulfonamides is 1. The first-order valence-corrected chi connectivity index (χ1v) is 9.12. The molecule has 0 saturated carbocycles. The third-order valence-corrected chi connectivity index (χ3v) is 5.51. The Bertz CT molecular complexity index is 703. The van der Waals surface area contributed by atoms with Crippen molar-refractivity contribution in [2.45, 2.75) is 51.1 Å². The summed E-state index contributed by atoms with van der Waals surface area (Å²) in [6.07, 6.45) is 5.33. The van der Waals surface area contributed by atoms with Gasteiger partial charge in [0.2, 0.25) is 10.0 Å². The molecule has 2 aromatic heterocycles. The van der Waals surface area contributed by atoms with E-state index in [-0.39, 0.29) is 17.0 Å². The Morgan fingerprint density at radius 3 is 2.57 bits per heavy atom. The molecular formula is C13H20N4O2S2. The number of hydrogen-bond donors (Lipinski definition) is 1. The van der Waals surface area contributed by atoms with Gasteiger partial charge >= 0.3 is 0 Å². The molecule has 0 aliphatic rings. The van der Waals surface area contributed by atoms with Gasteiger partial charge in [-0.15, -0.1) is 11.3 Å². The summed E-state index contributed by atoms with van der Waals surface area (Å²) in [6, 6.07) is -0.186. The van der Waals surface area contributed by atoms with Gasteiger partial charge in [-0.1, -0.05) is 6.92 Å². The lowest BCUT2D eigenvalue weighted by atomic mass is 10.3. The monoisotopic (exact) mass is 328 g/mol. The Kier molecular flexibility index (Phi) is 4.80. The highest BCUT2D eigenvalue weighted by Crippen LogP contribution is 2.24. The summed E-state index contributed by atoms with van der Waals surface area (Å²) in [4.78, 5) is 5.52. The van der Waals surface area contributed by atoms with Crippen molar-refractivity contribution < 1.29 is 8.42 Å². The Balaban J connectivity index is 2.22. The second-order valence-electron chi connectivity index (χ2n) is 5.14. The van der Waals surface area contributed by atoms with Crippen molar-refractivity contribution in [2.24, 2.45) is 0 Å². The maximum atomic E-state index is 12.4. The van der Waals surface area contributed by atoms with Crippen LogP contribution in [-0.2, 0) is 10.0 Å². The van der Waals surface area contributed by atoms with Gasteiger partial charge in [0.05, 0.1) is 12.2 Å². The van der Waals surface area contributed by atoms with Crippen molar-refractivity contribution >= 4 is 21.4 Å². The topological polar surface area (TPSA) is 76.9 Å². The summed E-state index contributed by atoms with van der Waals surface area (Å²) in [5, 5.41) is 4.86. The Morgan fingerprint density at radius 2 is 2.10 bits per heavy atom. The molecule has 0 unspecified atom stereocenters. The van der Waals surface area contributed by atoms with Crippen LogP contribution >= 0.6 is 11.3 Å². The second kappa shape index (κ2) is 6.25. The normalized spacial score (nSPS) is 13.8. The Morgan fingerprint density at radius 1 is 1.38 bits per heavy atom. The number of nitrogens with one attached hydrogen (secondary N) is 1. The molecule has 6 nitrogen and oxygen atoms in total. The van der Waals surface area contributed by atoms with Crippen molar-refractivity contribution in [1.29, 1.82) is 0 Å². The van der Waals surface area contributed by atoms with Crippen molar-refractivity contribution in [3.8, 4) is 0 Å². The average Bonchev–Trinajstić information content (AvgIpc) is 3.04. The van der Waals surface area contributed by atoms with Gasteiger partial charge in [0.15, 0.2) is 0 Å². The molecule has 0 aliphatic heterocycles. The molecule has 0 saturated heterocycles. The van der Waals surface area contributed by atoms with E-state index in [1.807, 2.05) is 27.7 Å². The first kappa shape index (κ1) is 16.1. The lowest BCUT2D eigenvalue weighted by Gasteiger charge is -2.13.